The molecular formula is C46H34N2. The number of fused-ring (bicyclic) bond motifs is 2. The number of aliphatic imine (C=N–C) groups is 1. The Hall–Kier alpha value is -6.12. The molecule has 0 radical (unpaired) electrons. The number of hydrogen-bond donors (Lipinski definition) is 0. The molecular weight excluding hydrogens is 581 g/mol. The molecule has 8 rings (SSSR count). The lowest BCUT2D eigenvalue weighted by atomic mass is 9.85. The molecule has 6 aromatic carbocycles. The van der Waals surface area contributed by atoms with Crippen LogP contribution >= 0.6 is 0 Å². The Morgan fingerprint density at radius 2 is 1.17 bits per heavy atom. The number of rotatable bonds is 6. The van der Waals surface area contributed by atoms with Gasteiger partial charge in [-0.15, -0.1) is 0 Å². The Kier molecular flexibility index (Phi) is 7.90. The fourth-order valence-corrected chi connectivity index (χ4v) is 6.83. The summed E-state index contributed by atoms with van der Waals surface area (Å²) in [5.41, 5.74) is 12.3. The fraction of sp³-hybridized carbons (Fsp3) is 0.0435. The van der Waals surface area contributed by atoms with Gasteiger partial charge in [-0.3, -0.25) is 9.98 Å². The lowest BCUT2D eigenvalue weighted by molar-refractivity contribution is 1.19. The molecule has 0 unspecified atom stereocenters. The second-order valence-electron chi connectivity index (χ2n) is 12.1. The highest BCUT2D eigenvalue weighted by molar-refractivity contribution is 6.22. The van der Waals surface area contributed by atoms with Crippen LogP contribution in [0, 0.1) is 0 Å². The van der Waals surface area contributed by atoms with Crippen LogP contribution in [0.1, 0.15) is 24.6 Å². The molecule has 0 saturated carbocycles. The third kappa shape index (κ3) is 5.59. The summed E-state index contributed by atoms with van der Waals surface area (Å²) < 4.78 is 0. The molecule has 0 fully saturated rings. The highest BCUT2D eigenvalue weighted by atomic mass is 14.8. The molecule has 0 spiro atoms. The highest BCUT2D eigenvalue weighted by Crippen LogP contribution is 2.44. The Bertz CT molecular complexity index is 2400. The second kappa shape index (κ2) is 12.9. The van der Waals surface area contributed by atoms with Gasteiger partial charge in [0.1, 0.15) is 0 Å². The van der Waals surface area contributed by atoms with E-state index in [2.05, 4.69) is 164 Å². The number of hydrogen-bond acceptors (Lipinski definition) is 2. The number of pyridine rings is 1. The number of benzene rings is 6. The molecule has 1 aromatic heterocycles. The van der Waals surface area contributed by atoms with Crippen LogP contribution in [0.5, 0.6) is 0 Å². The second-order valence-corrected chi connectivity index (χ2v) is 12.1. The molecule has 0 saturated heterocycles. The van der Waals surface area contributed by atoms with Crippen molar-refractivity contribution in [2.75, 3.05) is 0 Å². The van der Waals surface area contributed by atoms with Gasteiger partial charge in [0.25, 0.3) is 0 Å². The summed E-state index contributed by atoms with van der Waals surface area (Å²) in [6, 6.07) is 52.1. The molecule has 0 N–H and O–H groups in total. The third-order valence-corrected chi connectivity index (χ3v) is 9.14. The summed E-state index contributed by atoms with van der Waals surface area (Å²) in [6.45, 7) is 2.09. The first-order valence-electron chi connectivity index (χ1n) is 16.5. The largest absolute Gasteiger partial charge is 0.255 e. The SMILES string of the molecule is C/C(=N\C(=C1\C=CC=CC1)c1ccccn1)c1cccc(-c2ccc3c(-c4ccccc4)c4ccccc4c(-c4ccccc4)c3c2)c1. The van der Waals surface area contributed by atoms with Crippen molar-refractivity contribution in [3.05, 3.63) is 193 Å². The standard InChI is InChI=1S/C46H34N2/c1-32(48-46(35-20-9-4-10-21-35)43-26-13-14-29-47-43)36-22-15-23-37(30-36)38-27-28-41-42(31-38)45(34-18-7-3-8-19-34)40-25-12-11-24-39(40)44(41)33-16-5-2-6-17-33/h2-20,22-31H,21H2,1H3/b46-35-,48-32+. The van der Waals surface area contributed by atoms with E-state index in [4.69, 9.17) is 4.99 Å². The van der Waals surface area contributed by atoms with Crippen molar-refractivity contribution in [3.63, 3.8) is 0 Å². The molecule has 0 aliphatic heterocycles. The summed E-state index contributed by atoms with van der Waals surface area (Å²) in [5, 5.41) is 5.01. The van der Waals surface area contributed by atoms with Gasteiger partial charge in [0.2, 0.25) is 0 Å². The van der Waals surface area contributed by atoms with Crippen LogP contribution in [-0.4, -0.2) is 10.7 Å². The summed E-state index contributed by atoms with van der Waals surface area (Å²) in [6.07, 6.45) is 11.1. The van der Waals surface area contributed by atoms with Crippen molar-refractivity contribution in [3.8, 4) is 33.4 Å². The van der Waals surface area contributed by atoms with Crippen LogP contribution in [0.25, 0.3) is 60.6 Å². The van der Waals surface area contributed by atoms with Crippen molar-refractivity contribution in [1.82, 2.24) is 4.98 Å². The summed E-state index contributed by atoms with van der Waals surface area (Å²) in [5.74, 6) is 0. The van der Waals surface area contributed by atoms with Gasteiger partial charge in [-0.05, 0) is 104 Å². The van der Waals surface area contributed by atoms with E-state index in [1.54, 1.807) is 0 Å². The highest BCUT2D eigenvalue weighted by Gasteiger charge is 2.17. The Labute approximate surface area is 281 Å². The Balaban J connectivity index is 1.30. The van der Waals surface area contributed by atoms with Crippen molar-refractivity contribution >= 4 is 33.0 Å². The van der Waals surface area contributed by atoms with Gasteiger partial charge in [-0.1, -0.05) is 146 Å². The third-order valence-electron chi connectivity index (χ3n) is 9.14. The van der Waals surface area contributed by atoms with E-state index in [-0.39, 0.29) is 0 Å². The van der Waals surface area contributed by atoms with E-state index < -0.39 is 0 Å². The van der Waals surface area contributed by atoms with Gasteiger partial charge in [0.05, 0.1) is 11.4 Å². The molecule has 0 amide bonds. The number of aromatic nitrogens is 1. The van der Waals surface area contributed by atoms with Crippen molar-refractivity contribution in [2.45, 2.75) is 13.3 Å². The van der Waals surface area contributed by atoms with E-state index in [9.17, 15) is 0 Å². The van der Waals surface area contributed by atoms with Crippen LogP contribution in [0.3, 0.4) is 0 Å². The van der Waals surface area contributed by atoms with Crippen LogP contribution in [-0.2, 0) is 0 Å². The Morgan fingerprint density at radius 3 is 1.83 bits per heavy atom. The molecule has 228 valence electrons. The zero-order valence-corrected chi connectivity index (χ0v) is 26.8. The van der Waals surface area contributed by atoms with E-state index in [0.29, 0.717) is 0 Å². The minimum absolute atomic E-state index is 0.833. The maximum atomic E-state index is 5.21. The zero-order valence-electron chi connectivity index (χ0n) is 26.8. The van der Waals surface area contributed by atoms with Crippen LogP contribution in [0.2, 0.25) is 0 Å². The van der Waals surface area contributed by atoms with Gasteiger partial charge in [-0.25, -0.2) is 0 Å². The van der Waals surface area contributed by atoms with Crippen LogP contribution in [0.15, 0.2) is 187 Å². The first-order chi connectivity index (χ1) is 23.7. The first-order valence-corrected chi connectivity index (χ1v) is 16.5. The van der Waals surface area contributed by atoms with Gasteiger partial charge in [-0.2, -0.15) is 0 Å². The number of allylic oxidation sites excluding steroid dienone is 5. The maximum absolute atomic E-state index is 5.21. The molecule has 1 aliphatic rings. The molecule has 7 aromatic rings. The summed E-state index contributed by atoms with van der Waals surface area (Å²) >= 11 is 0. The zero-order chi connectivity index (χ0) is 32.3. The van der Waals surface area contributed by atoms with Gasteiger partial charge >= 0.3 is 0 Å². The predicted molar refractivity (Wildman–Crippen MR) is 204 cm³/mol. The van der Waals surface area contributed by atoms with Crippen LogP contribution < -0.4 is 0 Å². The van der Waals surface area contributed by atoms with E-state index in [0.717, 1.165) is 40.2 Å². The quantitative estimate of drug-likeness (QED) is 0.135. The molecule has 2 heteroatoms. The Morgan fingerprint density at radius 1 is 0.542 bits per heavy atom. The molecule has 2 nitrogen and oxygen atoms in total. The van der Waals surface area contributed by atoms with Crippen LogP contribution in [0.4, 0.5) is 0 Å². The molecule has 1 heterocycles. The maximum Gasteiger partial charge on any atom is 0.0924 e. The smallest absolute Gasteiger partial charge is 0.0924 e. The summed E-state index contributed by atoms with van der Waals surface area (Å²) in [4.78, 5) is 9.86. The van der Waals surface area contributed by atoms with Gasteiger partial charge in [0, 0.05) is 11.9 Å². The number of nitrogens with zero attached hydrogens (tertiary/aromatic N) is 2. The first kappa shape index (κ1) is 29.3. The van der Waals surface area contributed by atoms with Crippen molar-refractivity contribution < 1.29 is 0 Å². The predicted octanol–water partition coefficient (Wildman–Crippen LogP) is 12.1. The normalized spacial score (nSPS) is 14.1. The van der Waals surface area contributed by atoms with E-state index in [1.807, 2.05) is 24.4 Å². The minimum atomic E-state index is 0.833. The summed E-state index contributed by atoms with van der Waals surface area (Å²) in [7, 11) is 0. The average Bonchev–Trinajstić information content (AvgIpc) is 3.17. The fourth-order valence-electron chi connectivity index (χ4n) is 6.83. The monoisotopic (exact) mass is 614 g/mol. The van der Waals surface area contributed by atoms with E-state index >= 15 is 0 Å². The lowest BCUT2D eigenvalue weighted by Gasteiger charge is -2.19. The average molecular weight is 615 g/mol. The molecule has 48 heavy (non-hydrogen) atoms. The topological polar surface area (TPSA) is 25.2 Å². The molecule has 0 atom stereocenters. The lowest BCUT2D eigenvalue weighted by Crippen LogP contribution is -1.99. The van der Waals surface area contributed by atoms with Gasteiger partial charge < -0.3 is 0 Å². The molecule has 1 aliphatic carbocycles. The molecule has 0 bridgehead atoms. The minimum Gasteiger partial charge on any atom is -0.255 e. The van der Waals surface area contributed by atoms with Crippen molar-refractivity contribution in [1.29, 1.82) is 0 Å². The van der Waals surface area contributed by atoms with E-state index in [1.165, 1.54) is 49.4 Å². The van der Waals surface area contributed by atoms with Gasteiger partial charge in [0.15, 0.2) is 0 Å². The van der Waals surface area contributed by atoms with Crippen molar-refractivity contribution in [2.24, 2.45) is 4.99 Å².